The second kappa shape index (κ2) is 8.47. The fourth-order valence-corrected chi connectivity index (χ4v) is 3.22. The van der Waals surface area contributed by atoms with Gasteiger partial charge in [-0.05, 0) is 36.4 Å². The van der Waals surface area contributed by atoms with E-state index >= 15 is 0 Å². The van der Waals surface area contributed by atoms with Crippen LogP contribution in [0.3, 0.4) is 0 Å². The monoisotopic (exact) mass is 446 g/mol. The summed E-state index contributed by atoms with van der Waals surface area (Å²) < 4.78 is 29.2. The van der Waals surface area contributed by atoms with Crippen molar-refractivity contribution in [2.24, 2.45) is 0 Å². The smallest absolute Gasteiger partial charge is 0.353 e. The van der Waals surface area contributed by atoms with Crippen molar-refractivity contribution in [2.45, 2.75) is 4.90 Å². The predicted octanol–water partition coefficient (Wildman–Crippen LogP) is 3.35. The zero-order chi connectivity index (χ0) is 21.9. The van der Waals surface area contributed by atoms with Crippen LogP contribution in [-0.4, -0.2) is 41.7 Å². The van der Waals surface area contributed by atoms with Crippen molar-refractivity contribution < 1.29 is 22.7 Å². The Kier molecular flexibility index (Phi) is 5.99. The van der Waals surface area contributed by atoms with E-state index < -0.39 is 21.5 Å². The van der Waals surface area contributed by atoms with Crippen molar-refractivity contribution in [1.29, 1.82) is 5.41 Å². The second-order valence-electron chi connectivity index (χ2n) is 6.09. The molecule has 0 fully saturated rings. The molecular weight excluding hydrogens is 432 g/mol. The standard InChI is InChI=1S/C19H15ClN4O5S/c1-30(27,28)12-6-4-5-11(9-12)17-23-24-18(29-17)16(10-14(21)19(25)26)22-15-8-3-2-7-13(15)20/h2-10,21-22H,1H3,(H,25,26)/b16-10-,21-14?. The first-order valence-electron chi connectivity index (χ1n) is 8.34. The van der Waals surface area contributed by atoms with Crippen molar-refractivity contribution >= 4 is 44.5 Å². The van der Waals surface area contributed by atoms with E-state index in [2.05, 4.69) is 15.5 Å². The number of anilines is 1. The number of nitrogens with one attached hydrogen (secondary N) is 2. The van der Waals surface area contributed by atoms with Crippen LogP contribution < -0.4 is 5.32 Å². The van der Waals surface area contributed by atoms with E-state index in [4.69, 9.17) is 26.5 Å². The molecule has 9 nitrogen and oxygen atoms in total. The first-order chi connectivity index (χ1) is 14.1. The summed E-state index contributed by atoms with van der Waals surface area (Å²) in [6.07, 6.45) is 2.09. The van der Waals surface area contributed by atoms with Crippen molar-refractivity contribution in [2.75, 3.05) is 11.6 Å². The largest absolute Gasteiger partial charge is 0.477 e. The van der Waals surface area contributed by atoms with Crippen molar-refractivity contribution in [1.82, 2.24) is 10.2 Å². The highest BCUT2D eigenvalue weighted by Crippen LogP contribution is 2.27. The van der Waals surface area contributed by atoms with Gasteiger partial charge in [0.15, 0.2) is 9.84 Å². The lowest BCUT2D eigenvalue weighted by molar-refractivity contribution is -0.129. The molecule has 0 bridgehead atoms. The molecule has 3 rings (SSSR count). The molecular formula is C19H15ClN4O5S. The summed E-state index contributed by atoms with van der Waals surface area (Å²) in [4.78, 5) is 11.2. The van der Waals surface area contributed by atoms with Crippen molar-refractivity contribution in [3.63, 3.8) is 0 Å². The molecule has 0 aliphatic carbocycles. The Morgan fingerprint density at radius 3 is 2.60 bits per heavy atom. The molecule has 0 spiro atoms. The zero-order valence-electron chi connectivity index (χ0n) is 15.5. The Bertz CT molecular complexity index is 1270. The number of benzene rings is 2. The maximum Gasteiger partial charge on any atom is 0.353 e. The Labute approximate surface area is 176 Å². The SMILES string of the molecule is CS(=O)(=O)c1cccc(-c2nnc(/C(=C/C(=N)C(=O)O)Nc3ccccc3Cl)o2)c1. The molecule has 0 atom stereocenters. The number of halogens is 1. The Hall–Kier alpha value is -3.50. The number of sulfone groups is 1. The molecule has 3 N–H and O–H groups in total. The normalized spacial score (nSPS) is 11.9. The molecule has 0 amide bonds. The van der Waals surface area contributed by atoms with Gasteiger partial charge in [0.1, 0.15) is 11.4 Å². The summed E-state index contributed by atoms with van der Waals surface area (Å²) in [5, 5.41) is 27.7. The summed E-state index contributed by atoms with van der Waals surface area (Å²) in [6, 6.07) is 12.7. The molecule has 0 saturated heterocycles. The van der Waals surface area contributed by atoms with Gasteiger partial charge in [0.2, 0.25) is 5.89 Å². The summed E-state index contributed by atoms with van der Waals surface area (Å²) in [5.41, 5.74) is 0.112. The minimum Gasteiger partial charge on any atom is -0.477 e. The van der Waals surface area contributed by atoms with Crippen LogP contribution in [0.1, 0.15) is 5.89 Å². The zero-order valence-corrected chi connectivity index (χ0v) is 17.0. The van der Waals surface area contributed by atoms with Gasteiger partial charge in [-0.15, -0.1) is 10.2 Å². The maximum atomic E-state index is 11.8. The predicted molar refractivity (Wildman–Crippen MR) is 111 cm³/mol. The van der Waals surface area contributed by atoms with Crippen molar-refractivity contribution in [3.05, 3.63) is 65.5 Å². The minimum absolute atomic E-state index is 0.0178. The highest BCUT2D eigenvalue weighted by atomic mass is 35.5. The summed E-state index contributed by atoms with van der Waals surface area (Å²) in [5.74, 6) is -1.54. The number of carboxylic acids is 1. The van der Waals surface area contributed by atoms with Crippen LogP contribution in [0.4, 0.5) is 5.69 Å². The van der Waals surface area contributed by atoms with Gasteiger partial charge in [0.05, 0.1) is 15.6 Å². The lowest BCUT2D eigenvalue weighted by atomic mass is 10.2. The van der Waals surface area contributed by atoms with Gasteiger partial charge in [-0.25, -0.2) is 13.2 Å². The number of carboxylic acid groups (broad SMARTS) is 1. The van der Waals surface area contributed by atoms with E-state index in [1.165, 1.54) is 18.2 Å². The molecule has 3 aromatic rings. The lowest BCUT2D eigenvalue weighted by Gasteiger charge is -2.09. The van der Waals surface area contributed by atoms with Crippen LogP contribution >= 0.6 is 11.6 Å². The quantitative estimate of drug-likeness (QED) is 0.468. The van der Waals surface area contributed by atoms with Crippen molar-refractivity contribution in [3.8, 4) is 11.5 Å². The molecule has 0 unspecified atom stereocenters. The Morgan fingerprint density at radius 2 is 1.93 bits per heavy atom. The van der Waals surface area contributed by atoms with Crippen LogP contribution in [0.15, 0.2) is 63.9 Å². The molecule has 30 heavy (non-hydrogen) atoms. The number of nitrogens with zero attached hydrogens (tertiary/aromatic N) is 2. The van der Waals surface area contributed by atoms with Crippen LogP contribution in [0.2, 0.25) is 5.02 Å². The maximum absolute atomic E-state index is 11.8. The number of hydrogen-bond acceptors (Lipinski definition) is 8. The third-order valence-corrected chi connectivity index (χ3v) is 5.27. The number of carbonyl (C=O) groups is 1. The molecule has 0 radical (unpaired) electrons. The second-order valence-corrected chi connectivity index (χ2v) is 8.52. The van der Waals surface area contributed by atoms with Gasteiger partial charge in [-0.1, -0.05) is 29.8 Å². The highest BCUT2D eigenvalue weighted by molar-refractivity contribution is 7.90. The molecule has 2 aromatic carbocycles. The van der Waals surface area contributed by atoms with Gasteiger partial charge in [0, 0.05) is 11.8 Å². The van der Waals surface area contributed by atoms with Crippen LogP contribution in [-0.2, 0) is 14.6 Å². The Balaban J connectivity index is 2.02. The molecule has 0 aliphatic rings. The number of aromatic nitrogens is 2. The topological polar surface area (TPSA) is 146 Å². The number of rotatable bonds is 7. The summed E-state index contributed by atoms with van der Waals surface area (Å²) in [6.45, 7) is 0. The fourth-order valence-electron chi connectivity index (χ4n) is 2.37. The van der Waals surface area contributed by atoms with Gasteiger partial charge >= 0.3 is 5.97 Å². The van der Waals surface area contributed by atoms with E-state index in [0.717, 1.165) is 12.3 Å². The Morgan fingerprint density at radius 1 is 1.20 bits per heavy atom. The van der Waals surface area contributed by atoms with E-state index in [0.29, 0.717) is 16.3 Å². The van der Waals surface area contributed by atoms with Gasteiger partial charge in [-0.3, -0.25) is 5.41 Å². The van der Waals surface area contributed by atoms with E-state index in [1.54, 1.807) is 30.3 Å². The van der Waals surface area contributed by atoms with E-state index in [9.17, 15) is 13.2 Å². The summed E-state index contributed by atoms with van der Waals surface area (Å²) >= 11 is 6.13. The van der Waals surface area contributed by atoms with Gasteiger partial charge < -0.3 is 14.8 Å². The number of aliphatic carboxylic acids is 1. The van der Waals surface area contributed by atoms with Crippen LogP contribution in [0, 0.1) is 5.41 Å². The number of hydrogen-bond donors (Lipinski definition) is 3. The fraction of sp³-hybridized carbons (Fsp3) is 0.0526. The molecule has 0 aliphatic heterocycles. The third kappa shape index (κ3) is 4.91. The summed E-state index contributed by atoms with van der Waals surface area (Å²) in [7, 11) is -3.44. The van der Waals surface area contributed by atoms with Gasteiger partial charge in [-0.2, -0.15) is 0 Å². The molecule has 11 heteroatoms. The van der Waals surface area contributed by atoms with Gasteiger partial charge in [0.25, 0.3) is 5.89 Å². The van der Waals surface area contributed by atoms with Crippen LogP contribution in [0.25, 0.3) is 17.2 Å². The third-order valence-electron chi connectivity index (χ3n) is 3.83. The minimum atomic E-state index is -3.44. The van der Waals surface area contributed by atoms with E-state index in [-0.39, 0.29) is 22.4 Å². The molecule has 1 aromatic heterocycles. The van der Waals surface area contributed by atoms with E-state index in [1.807, 2.05) is 0 Å². The first-order valence-corrected chi connectivity index (χ1v) is 10.6. The first kappa shape index (κ1) is 21.2. The molecule has 154 valence electrons. The number of para-hydroxylation sites is 1. The molecule has 1 heterocycles. The average Bonchev–Trinajstić information content (AvgIpc) is 3.18. The molecule has 0 saturated carbocycles. The lowest BCUT2D eigenvalue weighted by Crippen LogP contribution is -2.11. The highest BCUT2D eigenvalue weighted by Gasteiger charge is 2.18. The average molecular weight is 447 g/mol. The van der Waals surface area contributed by atoms with Crippen LogP contribution in [0.5, 0.6) is 0 Å².